The van der Waals surface area contributed by atoms with Gasteiger partial charge < -0.3 is 5.32 Å². The predicted molar refractivity (Wildman–Crippen MR) is 35.4 cm³/mol. The molecule has 0 aliphatic heterocycles. The van der Waals surface area contributed by atoms with Crippen molar-refractivity contribution in [3.8, 4) is 0 Å². The Kier molecular flexibility index (Phi) is 1.89. The van der Waals surface area contributed by atoms with E-state index in [0.717, 1.165) is 12.8 Å². The fourth-order valence-corrected chi connectivity index (χ4v) is 0.609. The van der Waals surface area contributed by atoms with Crippen molar-refractivity contribution in [2.45, 2.75) is 25.8 Å². The average Bonchev–Trinajstić information content (AvgIpc) is 2.46. The topological polar surface area (TPSA) is 58.2 Å². The van der Waals surface area contributed by atoms with Gasteiger partial charge in [-0.25, -0.2) is 4.79 Å². The van der Waals surface area contributed by atoms with E-state index in [2.05, 4.69) is 10.6 Å². The lowest BCUT2D eigenvalue weighted by Crippen LogP contribution is -2.39. The first-order valence-corrected chi connectivity index (χ1v) is 3.26. The summed E-state index contributed by atoms with van der Waals surface area (Å²) >= 11 is 0. The van der Waals surface area contributed by atoms with Crippen LogP contribution >= 0.6 is 0 Å². The maximum Gasteiger partial charge on any atom is 0.321 e. The SMILES string of the molecule is CC(=O)NC(=O)NC1CC1. The summed E-state index contributed by atoms with van der Waals surface area (Å²) in [5.74, 6) is -0.321. The fourth-order valence-electron chi connectivity index (χ4n) is 0.609. The van der Waals surface area contributed by atoms with Gasteiger partial charge in [-0.1, -0.05) is 0 Å². The average molecular weight is 142 g/mol. The second kappa shape index (κ2) is 2.68. The molecule has 0 radical (unpaired) electrons. The second-order valence-corrected chi connectivity index (χ2v) is 2.43. The van der Waals surface area contributed by atoms with Crippen molar-refractivity contribution in [1.29, 1.82) is 0 Å². The Hall–Kier alpha value is -1.06. The highest BCUT2D eigenvalue weighted by molar-refractivity contribution is 5.93. The van der Waals surface area contributed by atoms with Crippen LogP contribution in [0.3, 0.4) is 0 Å². The highest BCUT2D eigenvalue weighted by Gasteiger charge is 2.23. The largest absolute Gasteiger partial charge is 0.335 e. The zero-order chi connectivity index (χ0) is 7.56. The minimum absolute atomic E-state index is 0.305. The summed E-state index contributed by atoms with van der Waals surface area (Å²) in [6, 6.07) is -0.0747. The van der Waals surface area contributed by atoms with E-state index in [1.54, 1.807) is 0 Å². The summed E-state index contributed by atoms with van der Waals surface area (Å²) in [5, 5.41) is 4.74. The summed E-state index contributed by atoms with van der Waals surface area (Å²) in [6.45, 7) is 1.31. The van der Waals surface area contributed by atoms with Crippen molar-refractivity contribution in [1.82, 2.24) is 10.6 Å². The standard InChI is InChI=1S/C6H10N2O2/c1-4(9)7-6(10)8-5-2-3-5/h5H,2-3H2,1H3,(H2,7,8,9,10). The smallest absolute Gasteiger partial charge is 0.321 e. The lowest BCUT2D eigenvalue weighted by atomic mass is 10.6. The summed E-state index contributed by atoms with van der Waals surface area (Å²) in [5.41, 5.74) is 0. The zero-order valence-corrected chi connectivity index (χ0v) is 5.81. The van der Waals surface area contributed by atoms with Crippen LogP contribution in [0, 0.1) is 0 Å². The summed E-state index contributed by atoms with van der Waals surface area (Å²) < 4.78 is 0. The lowest BCUT2D eigenvalue weighted by molar-refractivity contribution is -0.117. The Morgan fingerprint density at radius 1 is 1.40 bits per heavy atom. The summed E-state index contributed by atoms with van der Waals surface area (Å²) in [4.78, 5) is 20.9. The van der Waals surface area contributed by atoms with Crippen molar-refractivity contribution in [3.63, 3.8) is 0 Å². The number of rotatable bonds is 1. The van der Waals surface area contributed by atoms with E-state index in [0.29, 0.717) is 6.04 Å². The van der Waals surface area contributed by atoms with Crippen LogP contribution in [0.5, 0.6) is 0 Å². The molecule has 1 fully saturated rings. The number of nitrogens with one attached hydrogen (secondary N) is 2. The summed E-state index contributed by atoms with van der Waals surface area (Å²) in [7, 11) is 0. The third-order valence-electron chi connectivity index (χ3n) is 1.20. The van der Waals surface area contributed by atoms with E-state index >= 15 is 0 Å². The van der Waals surface area contributed by atoms with Gasteiger partial charge in [-0.05, 0) is 12.8 Å². The molecule has 0 spiro atoms. The molecule has 10 heavy (non-hydrogen) atoms. The molecule has 3 amide bonds. The number of hydrogen-bond donors (Lipinski definition) is 2. The maximum atomic E-state index is 10.7. The molecular formula is C6H10N2O2. The van der Waals surface area contributed by atoms with Crippen LogP contribution in [-0.2, 0) is 4.79 Å². The zero-order valence-electron chi connectivity index (χ0n) is 5.81. The number of imide groups is 1. The van der Waals surface area contributed by atoms with Crippen LogP contribution in [-0.4, -0.2) is 18.0 Å². The van der Waals surface area contributed by atoms with Crippen LogP contribution in [0.25, 0.3) is 0 Å². The molecule has 0 aromatic rings. The van der Waals surface area contributed by atoms with Crippen LogP contribution in [0.2, 0.25) is 0 Å². The van der Waals surface area contributed by atoms with Crippen molar-refractivity contribution in [3.05, 3.63) is 0 Å². The highest BCUT2D eigenvalue weighted by Crippen LogP contribution is 2.17. The molecule has 0 saturated heterocycles. The molecule has 4 heteroatoms. The van der Waals surface area contributed by atoms with Crippen LogP contribution in [0.4, 0.5) is 4.79 Å². The molecule has 0 aromatic carbocycles. The number of carbonyl (C=O) groups is 2. The molecule has 56 valence electrons. The van der Waals surface area contributed by atoms with E-state index in [9.17, 15) is 9.59 Å². The quantitative estimate of drug-likeness (QED) is 0.541. The Bertz CT molecular complexity index is 163. The Labute approximate surface area is 59.0 Å². The van der Waals surface area contributed by atoms with Gasteiger partial charge in [0.25, 0.3) is 0 Å². The molecule has 0 bridgehead atoms. The minimum atomic E-state index is -0.380. The first kappa shape index (κ1) is 7.05. The lowest BCUT2D eigenvalue weighted by Gasteiger charge is -2.00. The van der Waals surface area contributed by atoms with E-state index in [1.165, 1.54) is 6.92 Å². The molecule has 4 nitrogen and oxygen atoms in total. The van der Waals surface area contributed by atoms with Gasteiger partial charge in [0.15, 0.2) is 0 Å². The van der Waals surface area contributed by atoms with Gasteiger partial charge in [0.05, 0.1) is 0 Å². The highest BCUT2D eigenvalue weighted by atomic mass is 16.2. The van der Waals surface area contributed by atoms with Gasteiger partial charge in [0, 0.05) is 13.0 Å². The third-order valence-corrected chi connectivity index (χ3v) is 1.20. The molecule has 1 aliphatic carbocycles. The van der Waals surface area contributed by atoms with Crippen molar-refractivity contribution >= 4 is 11.9 Å². The Morgan fingerprint density at radius 3 is 2.40 bits per heavy atom. The molecule has 0 heterocycles. The van der Waals surface area contributed by atoms with Gasteiger partial charge in [0.2, 0.25) is 5.91 Å². The molecule has 0 aromatic heterocycles. The Balaban J connectivity index is 2.14. The second-order valence-electron chi connectivity index (χ2n) is 2.43. The molecule has 1 rings (SSSR count). The van der Waals surface area contributed by atoms with Crippen LogP contribution in [0.1, 0.15) is 19.8 Å². The van der Waals surface area contributed by atoms with Gasteiger partial charge in [-0.3, -0.25) is 10.1 Å². The molecule has 0 atom stereocenters. The monoisotopic (exact) mass is 142 g/mol. The number of carbonyl (C=O) groups excluding carboxylic acids is 2. The van der Waals surface area contributed by atoms with E-state index in [4.69, 9.17) is 0 Å². The van der Waals surface area contributed by atoms with Gasteiger partial charge in [0.1, 0.15) is 0 Å². The molecule has 1 aliphatic rings. The number of urea groups is 1. The van der Waals surface area contributed by atoms with Gasteiger partial charge in [-0.15, -0.1) is 0 Å². The molecule has 0 unspecified atom stereocenters. The maximum absolute atomic E-state index is 10.7. The third kappa shape index (κ3) is 2.48. The predicted octanol–water partition coefficient (Wildman–Crippen LogP) is -0.00550. The summed E-state index contributed by atoms with van der Waals surface area (Å²) in [6.07, 6.45) is 2.07. The normalized spacial score (nSPS) is 16.1. The number of amides is 3. The van der Waals surface area contributed by atoms with Crippen LogP contribution in [0.15, 0.2) is 0 Å². The molecular weight excluding hydrogens is 132 g/mol. The van der Waals surface area contributed by atoms with Gasteiger partial charge >= 0.3 is 6.03 Å². The molecule has 2 N–H and O–H groups in total. The molecule has 1 saturated carbocycles. The van der Waals surface area contributed by atoms with Crippen molar-refractivity contribution in [2.75, 3.05) is 0 Å². The minimum Gasteiger partial charge on any atom is -0.335 e. The first-order valence-electron chi connectivity index (χ1n) is 3.26. The van der Waals surface area contributed by atoms with E-state index < -0.39 is 0 Å². The van der Waals surface area contributed by atoms with Crippen molar-refractivity contribution < 1.29 is 9.59 Å². The van der Waals surface area contributed by atoms with E-state index in [-0.39, 0.29) is 11.9 Å². The number of hydrogen-bond acceptors (Lipinski definition) is 2. The van der Waals surface area contributed by atoms with E-state index in [1.807, 2.05) is 0 Å². The van der Waals surface area contributed by atoms with Crippen molar-refractivity contribution in [2.24, 2.45) is 0 Å². The van der Waals surface area contributed by atoms with Crippen LogP contribution < -0.4 is 10.6 Å². The van der Waals surface area contributed by atoms with Gasteiger partial charge in [-0.2, -0.15) is 0 Å². The fraction of sp³-hybridized carbons (Fsp3) is 0.667. The first-order chi connectivity index (χ1) is 4.68. The Morgan fingerprint density at radius 2 is 2.00 bits per heavy atom.